The van der Waals surface area contributed by atoms with Gasteiger partial charge in [0, 0.05) is 5.56 Å². The van der Waals surface area contributed by atoms with Gasteiger partial charge in [-0.25, -0.2) is 4.39 Å². The predicted octanol–water partition coefficient (Wildman–Crippen LogP) is 1.31. The minimum atomic E-state index is -0.461. The highest BCUT2D eigenvalue weighted by Gasteiger charge is 2.05. The number of rotatable bonds is 2. The summed E-state index contributed by atoms with van der Waals surface area (Å²) in [6.07, 6.45) is 0.757. The van der Waals surface area contributed by atoms with Crippen molar-refractivity contribution in [1.29, 1.82) is 0 Å². The van der Waals surface area contributed by atoms with Crippen molar-refractivity contribution in [2.45, 2.75) is 0 Å². The van der Waals surface area contributed by atoms with E-state index in [9.17, 15) is 9.18 Å². The summed E-state index contributed by atoms with van der Waals surface area (Å²) in [7, 11) is 0. The van der Waals surface area contributed by atoms with Gasteiger partial charge < -0.3 is 5.53 Å². The van der Waals surface area contributed by atoms with Crippen molar-refractivity contribution < 1.29 is 14.0 Å². The maximum Gasteiger partial charge on any atom is 0.328 e. The third-order valence-electron chi connectivity index (χ3n) is 1.30. The Labute approximate surface area is 68.1 Å². The molecule has 1 aromatic carbocycles. The van der Waals surface area contributed by atoms with Crippen LogP contribution in [0, 0.1) is 5.82 Å². The molecule has 0 saturated heterocycles. The van der Waals surface area contributed by atoms with Gasteiger partial charge in [0.15, 0.2) is 0 Å². The highest BCUT2D eigenvalue weighted by molar-refractivity contribution is 6.33. The molecule has 0 fully saturated rings. The molecule has 0 heterocycles. The smallest absolute Gasteiger partial charge is 0.328 e. The molecule has 60 valence electrons. The Morgan fingerprint density at radius 2 is 2.00 bits per heavy atom. The fraction of sp³-hybridized carbons (Fsp3) is 0. The molecular weight excluding hydrogens is 159 g/mol. The summed E-state index contributed by atoms with van der Waals surface area (Å²) in [5, 5.41) is 0. The van der Waals surface area contributed by atoms with Gasteiger partial charge in [0.05, 0.1) is 0 Å². The summed E-state index contributed by atoms with van der Waals surface area (Å²) in [5.74, 6) is -0.870. The number of carbonyl (C=O) groups is 1. The number of halogens is 1. The van der Waals surface area contributed by atoms with Gasteiger partial charge in [0.2, 0.25) is 0 Å². The Kier molecular flexibility index (Phi) is 2.46. The van der Waals surface area contributed by atoms with Gasteiger partial charge in [-0.15, -0.1) is 0 Å². The van der Waals surface area contributed by atoms with Gasteiger partial charge in [-0.1, -0.05) is 0 Å². The summed E-state index contributed by atoms with van der Waals surface area (Å²) >= 11 is 0. The zero-order valence-electron chi connectivity index (χ0n) is 6.07. The molecule has 0 aromatic heterocycles. The number of Topliss-reactive ketones (excluding diaryl/α,β-unsaturated/α-hetero) is 1. The minimum Gasteiger partial charge on any atom is -0.361 e. The lowest BCUT2D eigenvalue weighted by Gasteiger charge is -1.90. The lowest BCUT2D eigenvalue weighted by molar-refractivity contribution is 0.00234. The van der Waals surface area contributed by atoms with Crippen LogP contribution in [0.3, 0.4) is 0 Å². The molecule has 4 heteroatoms. The molecule has 0 radical (unpaired) electrons. The number of benzene rings is 1. The van der Waals surface area contributed by atoms with E-state index >= 15 is 0 Å². The molecule has 0 spiro atoms. The predicted molar refractivity (Wildman–Crippen MR) is 40.4 cm³/mol. The molecule has 12 heavy (non-hydrogen) atoms. The topological polar surface area (TPSA) is 53.5 Å². The summed E-state index contributed by atoms with van der Waals surface area (Å²) in [5.41, 5.74) is 8.31. The van der Waals surface area contributed by atoms with Crippen LogP contribution in [0.25, 0.3) is 5.53 Å². The molecule has 0 aliphatic heterocycles. The van der Waals surface area contributed by atoms with Crippen LogP contribution in [-0.2, 0) is 0 Å². The van der Waals surface area contributed by atoms with Crippen LogP contribution in [0.1, 0.15) is 10.4 Å². The van der Waals surface area contributed by atoms with E-state index in [0.717, 1.165) is 6.21 Å². The first-order valence-electron chi connectivity index (χ1n) is 3.21. The second kappa shape index (κ2) is 3.55. The van der Waals surface area contributed by atoms with E-state index in [1.807, 2.05) is 0 Å². The van der Waals surface area contributed by atoms with Crippen molar-refractivity contribution in [2.24, 2.45) is 0 Å². The normalized spacial score (nSPS) is 8.75. The standard InChI is InChI=1S/C8H5FN2O/c9-7-3-1-6(2-4-7)8(12)5-11-10/h1-5H. The molecule has 0 atom stereocenters. The van der Waals surface area contributed by atoms with Crippen LogP contribution in [-0.4, -0.2) is 16.8 Å². The van der Waals surface area contributed by atoms with Gasteiger partial charge in [-0.05, 0) is 24.3 Å². The molecule has 0 N–H and O–H groups in total. The SMILES string of the molecule is [N-]=[N+]=CC(=O)c1ccc(F)cc1. The number of hydrogen-bond donors (Lipinski definition) is 0. The van der Waals surface area contributed by atoms with E-state index in [1.54, 1.807) is 0 Å². The lowest BCUT2D eigenvalue weighted by atomic mass is 10.1. The third-order valence-corrected chi connectivity index (χ3v) is 1.30. The number of carbonyl (C=O) groups excluding carboxylic acids is 1. The minimum absolute atomic E-state index is 0.286. The maximum atomic E-state index is 12.3. The van der Waals surface area contributed by atoms with Crippen molar-refractivity contribution in [3.05, 3.63) is 41.2 Å². The van der Waals surface area contributed by atoms with Crippen LogP contribution in [0.15, 0.2) is 24.3 Å². The lowest BCUT2D eigenvalue weighted by Crippen LogP contribution is -2.00. The Morgan fingerprint density at radius 3 is 2.50 bits per heavy atom. The van der Waals surface area contributed by atoms with Gasteiger partial charge in [-0.2, -0.15) is 4.79 Å². The fourth-order valence-electron chi connectivity index (χ4n) is 0.741. The number of nitrogens with zero attached hydrogens (tertiary/aromatic N) is 2. The first kappa shape index (κ1) is 8.30. The zero-order chi connectivity index (χ0) is 8.97. The monoisotopic (exact) mass is 164 g/mol. The third kappa shape index (κ3) is 1.84. The van der Waals surface area contributed by atoms with Crippen LogP contribution in [0.2, 0.25) is 0 Å². The molecule has 1 aromatic rings. The molecule has 3 nitrogen and oxygen atoms in total. The maximum absolute atomic E-state index is 12.3. The zero-order valence-corrected chi connectivity index (χ0v) is 6.07. The summed E-state index contributed by atoms with van der Waals surface area (Å²) in [6.45, 7) is 0. The van der Waals surface area contributed by atoms with Gasteiger partial charge in [0.1, 0.15) is 5.82 Å². The Morgan fingerprint density at radius 1 is 1.42 bits per heavy atom. The van der Waals surface area contributed by atoms with Crippen molar-refractivity contribution >= 4 is 12.0 Å². The second-order valence-corrected chi connectivity index (χ2v) is 2.12. The number of hydrogen-bond acceptors (Lipinski definition) is 1. The van der Waals surface area contributed by atoms with Crippen molar-refractivity contribution in [2.75, 3.05) is 0 Å². The Balaban J connectivity index is 2.97. The average molecular weight is 164 g/mol. The Bertz CT molecular complexity index is 339. The highest BCUT2D eigenvalue weighted by atomic mass is 19.1. The molecule has 0 amide bonds. The van der Waals surface area contributed by atoms with Gasteiger partial charge in [-0.3, -0.25) is 4.79 Å². The van der Waals surface area contributed by atoms with E-state index in [1.165, 1.54) is 24.3 Å². The van der Waals surface area contributed by atoms with E-state index in [0.29, 0.717) is 0 Å². The molecule has 0 saturated carbocycles. The Hall–Kier alpha value is -1.80. The van der Waals surface area contributed by atoms with E-state index in [-0.39, 0.29) is 5.56 Å². The van der Waals surface area contributed by atoms with Crippen LogP contribution < -0.4 is 0 Å². The van der Waals surface area contributed by atoms with E-state index < -0.39 is 11.6 Å². The van der Waals surface area contributed by atoms with Crippen molar-refractivity contribution in [3.8, 4) is 0 Å². The second-order valence-electron chi connectivity index (χ2n) is 2.12. The first-order chi connectivity index (χ1) is 5.74. The first-order valence-corrected chi connectivity index (χ1v) is 3.21. The van der Waals surface area contributed by atoms with Crippen LogP contribution >= 0.6 is 0 Å². The van der Waals surface area contributed by atoms with Crippen LogP contribution in [0.4, 0.5) is 4.39 Å². The molecule has 0 bridgehead atoms. The molecule has 0 aliphatic carbocycles. The van der Waals surface area contributed by atoms with Crippen LogP contribution in [0.5, 0.6) is 0 Å². The largest absolute Gasteiger partial charge is 0.361 e. The van der Waals surface area contributed by atoms with E-state index in [4.69, 9.17) is 5.53 Å². The fourth-order valence-corrected chi connectivity index (χ4v) is 0.741. The van der Waals surface area contributed by atoms with E-state index in [2.05, 4.69) is 4.79 Å². The average Bonchev–Trinajstić information content (AvgIpc) is 2.06. The molecule has 0 aliphatic rings. The summed E-state index contributed by atoms with van der Waals surface area (Å²) in [4.78, 5) is 13.5. The van der Waals surface area contributed by atoms with Gasteiger partial charge in [0.25, 0.3) is 5.78 Å². The van der Waals surface area contributed by atoms with Crippen molar-refractivity contribution in [3.63, 3.8) is 0 Å². The molecular formula is C8H5FN2O. The summed E-state index contributed by atoms with van der Waals surface area (Å²) in [6, 6.07) is 4.97. The molecule has 1 rings (SSSR count). The van der Waals surface area contributed by atoms with Gasteiger partial charge >= 0.3 is 6.21 Å². The quantitative estimate of drug-likeness (QED) is 0.281. The number of ketones is 1. The van der Waals surface area contributed by atoms with Crippen molar-refractivity contribution in [1.82, 2.24) is 0 Å². The highest BCUT2D eigenvalue weighted by Crippen LogP contribution is 2.01. The molecule has 0 unspecified atom stereocenters. The summed E-state index contributed by atoms with van der Waals surface area (Å²) < 4.78 is 12.3.